The average molecular weight is 600 g/mol. The number of nitrogens with two attached hydrogens (primary N) is 3. The highest BCUT2D eigenvalue weighted by molar-refractivity contribution is 5.90. The van der Waals surface area contributed by atoms with Gasteiger partial charge in [-0.1, -0.05) is 12.6 Å². The minimum atomic E-state index is -1.13. The molecular formula is C30H45N7O6+2. The zero-order valence-corrected chi connectivity index (χ0v) is 25.1. The van der Waals surface area contributed by atoms with Gasteiger partial charge in [0.2, 0.25) is 5.91 Å². The quantitative estimate of drug-likeness (QED) is 0.0535. The first-order chi connectivity index (χ1) is 20.4. The highest BCUT2D eigenvalue weighted by Crippen LogP contribution is 2.65. The number of aliphatic hydroxyl groups is 1. The summed E-state index contributed by atoms with van der Waals surface area (Å²) in [5.74, 6) is 0.352. The number of carbonyl (C=O) groups excluding carboxylic acids is 3. The van der Waals surface area contributed by atoms with Crippen molar-refractivity contribution >= 4 is 23.7 Å². The fraction of sp³-hybridized carbons (Fsp3) is 0.600. The van der Waals surface area contributed by atoms with Crippen LogP contribution in [0.1, 0.15) is 43.2 Å². The number of Topliss-reactive ketones (excluding diaryl/α,β-unsaturated/α-hetero) is 1. The molecule has 2 bridgehead atoms. The highest BCUT2D eigenvalue weighted by atomic mass is 16.6. The van der Waals surface area contributed by atoms with Gasteiger partial charge in [0, 0.05) is 45.0 Å². The van der Waals surface area contributed by atoms with E-state index in [0.29, 0.717) is 48.9 Å². The molecule has 2 fully saturated rings. The van der Waals surface area contributed by atoms with Crippen LogP contribution in [0.4, 0.5) is 4.79 Å². The Morgan fingerprint density at radius 3 is 2.86 bits per heavy atom. The van der Waals surface area contributed by atoms with Gasteiger partial charge in [0.15, 0.2) is 23.4 Å². The lowest BCUT2D eigenvalue weighted by molar-refractivity contribution is -0.944. The standard InChI is InChI=1S/C30H43N7O6/c1-4-15-37(3)16-11-29-23-18-7-8-21(24(23)43-25(29)20(38)9-10-30(29,41)22(37)17-18)42-28(40)36(2)14-13-34-26(39)19(31)6-5-12-35-27(32)33/h4,7-8,19,22,25,41H,1,5-6,9-17,31H2,2-3H3,(H4-,32,33,34,35,39)/p+2/t19-,22-,25-,29-,30+,37?/m0/s1. The molecule has 0 aromatic heterocycles. The molecule has 1 saturated heterocycles. The van der Waals surface area contributed by atoms with Crippen LogP contribution in [0.3, 0.4) is 0 Å². The molecular weight excluding hydrogens is 554 g/mol. The van der Waals surface area contributed by atoms with E-state index in [9.17, 15) is 19.5 Å². The molecule has 1 unspecified atom stereocenters. The first-order valence-electron chi connectivity index (χ1n) is 15.0. The van der Waals surface area contributed by atoms with Crippen molar-refractivity contribution in [3.05, 3.63) is 35.9 Å². The lowest BCUT2D eigenvalue weighted by Gasteiger charge is -2.64. The molecule has 13 nitrogen and oxygen atoms in total. The van der Waals surface area contributed by atoms with Crippen molar-refractivity contribution in [2.45, 2.75) is 67.7 Å². The molecule has 234 valence electrons. The van der Waals surface area contributed by atoms with Gasteiger partial charge in [-0.2, -0.15) is 0 Å². The van der Waals surface area contributed by atoms with Crippen molar-refractivity contribution < 1.29 is 38.4 Å². The lowest BCUT2D eigenvalue weighted by atomic mass is 9.48. The number of likely N-dealkylation sites (tertiary alicyclic amines) is 1. The van der Waals surface area contributed by atoms with Crippen LogP contribution in [0.5, 0.6) is 11.5 Å². The van der Waals surface area contributed by atoms with Crippen molar-refractivity contribution in [2.24, 2.45) is 17.2 Å². The number of guanidine groups is 1. The van der Waals surface area contributed by atoms with E-state index in [1.165, 1.54) is 4.90 Å². The largest absolute Gasteiger partial charge is 0.477 e. The highest BCUT2D eigenvalue weighted by Gasteiger charge is 2.76. The second kappa shape index (κ2) is 11.4. The number of carbonyl (C=O) groups is 3. The van der Waals surface area contributed by atoms with Crippen molar-refractivity contribution in [3.8, 4) is 11.5 Å². The van der Waals surface area contributed by atoms with E-state index in [1.54, 1.807) is 13.1 Å². The van der Waals surface area contributed by atoms with E-state index in [4.69, 9.17) is 26.7 Å². The predicted molar refractivity (Wildman–Crippen MR) is 158 cm³/mol. The Hall–Kier alpha value is -3.68. The van der Waals surface area contributed by atoms with Crippen LogP contribution in [0.2, 0.25) is 0 Å². The minimum Gasteiger partial charge on any atom is -0.477 e. The van der Waals surface area contributed by atoms with Crippen molar-refractivity contribution in [3.63, 3.8) is 0 Å². The normalized spacial score (nSPS) is 30.4. The summed E-state index contributed by atoms with van der Waals surface area (Å²) < 4.78 is 12.8. The van der Waals surface area contributed by atoms with Gasteiger partial charge < -0.3 is 35.0 Å². The summed E-state index contributed by atoms with van der Waals surface area (Å²) in [6.07, 6.45) is 3.32. The minimum absolute atomic E-state index is 0.0336. The van der Waals surface area contributed by atoms with E-state index >= 15 is 0 Å². The molecule has 2 heterocycles. The summed E-state index contributed by atoms with van der Waals surface area (Å²) in [4.78, 5) is 42.8. The third-order valence-corrected chi connectivity index (χ3v) is 10.0. The molecule has 1 spiro atoms. The molecule has 1 saturated carbocycles. The molecule has 1 aromatic rings. The fourth-order valence-electron chi connectivity index (χ4n) is 7.84. The Morgan fingerprint density at radius 2 is 2.14 bits per heavy atom. The maximum atomic E-state index is 13.3. The van der Waals surface area contributed by atoms with Crippen LogP contribution >= 0.6 is 0 Å². The second-order valence-corrected chi connectivity index (χ2v) is 12.6. The molecule has 2 aliphatic heterocycles. The van der Waals surface area contributed by atoms with Gasteiger partial charge >= 0.3 is 12.1 Å². The number of nitrogens with zero attached hydrogens (tertiary/aromatic N) is 2. The van der Waals surface area contributed by atoms with E-state index in [2.05, 4.69) is 23.9 Å². The number of piperidine rings is 1. The topological polar surface area (TPSA) is 197 Å². The van der Waals surface area contributed by atoms with E-state index < -0.39 is 29.3 Å². The Kier molecular flexibility index (Phi) is 8.18. The molecule has 9 N–H and O–H groups in total. The summed E-state index contributed by atoms with van der Waals surface area (Å²) in [5.41, 5.74) is 16.5. The number of hydrogen-bond donors (Lipinski definition) is 6. The number of ether oxygens (including phenoxy) is 2. The third kappa shape index (κ3) is 5.02. The summed E-state index contributed by atoms with van der Waals surface area (Å²) in [6, 6.07) is 2.83. The first-order valence-corrected chi connectivity index (χ1v) is 15.0. The average Bonchev–Trinajstić information content (AvgIpc) is 3.32. The number of hydrogen-bond acceptors (Lipinski definition) is 7. The van der Waals surface area contributed by atoms with Crippen LogP contribution in [-0.2, 0) is 21.4 Å². The molecule has 0 radical (unpaired) electrons. The Balaban J connectivity index is 1.28. The Morgan fingerprint density at radius 1 is 1.37 bits per heavy atom. The maximum Gasteiger partial charge on any atom is 0.415 e. The van der Waals surface area contributed by atoms with E-state index in [0.717, 1.165) is 24.2 Å². The van der Waals surface area contributed by atoms with Gasteiger partial charge in [0.25, 0.3) is 0 Å². The molecule has 4 aliphatic rings. The Labute approximate surface area is 251 Å². The van der Waals surface area contributed by atoms with E-state index in [-0.39, 0.29) is 49.0 Å². The summed E-state index contributed by atoms with van der Waals surface area (Å²) in [7, 11) is 3.72. The molecule has 2 amide bonds. The molecule has 1 aromatic carbocycles. The lowest BCUT2D eigenvalue weighted by Crippen LogP contribution is -2.80. The van der Waals surface area contributed by atoms with Crippen LogP contribution in [0.25, 0.3) is 0 Å². The number of rotatable bonds is 11. The molecule has 2 aliphatic carbocycles. The van der Waals surface area contributed by atoms with Gasteiger partial charge in [-0.3, -0.25) is 26.0 Å². The summed E-state index contributed by atoms with van der Waals surface area (Å²) >= 11 is 0. The SMILES string of the molecule is C=CC[N+]1(C)CC[C@]23c4c5ccc(OC(=O)N(C)CCNC(=O)[C@@H](N)CCC[NH+]=C(N)N)c4O[C@H]2C(=O)CC[C@@]3(O)[C@@H]1C5. The van der Waals surface area contributed by atoms with Gasteiger partial charge in [-0.15, -0.1) is 0 Å². The monoisotopic (exact) mass is 599 g/mol. The molecule has 6 atom stereocenters. The van der Waals surface area contributed by atoms with Crippen molar-refractivity contribution in [1.29, 1.82) is 0 Å². The number of ketones is 1. The number of quaternary nitrogens is 1. The van der Waals surface area contributed by atoms with Crippen molar-refractivity contribution in [2.75, 3.05) is 46.8 Å². The van der Waals surface area contributed by atoms with Crippen LogP contribution in [-0.4, -0.2) is 109 Å². The number of benzene rings is 1. The fourth-order valence-corrected chi connectivity index (χ4v) is 7.84. The van der Waals surface area contributed by atoms with Gasteiger partial charge in [0.1, 0.15) is 11.6 Å². The number of amides is 2. The van der Waals surface area contributed by atoms with E-state index in [1.807, 2.05) is 12.1 Å². The smallest absolute Gasteiger partial charge is 0.415 e. The zero-order valence-electron chi connectivity index (χ0n) is 25.1. The van der Waals surface area contributed by atoms with Crippen molar-refractivity contribution in [1.82, 2.24) is 10.2 Å². The van der Waals surface area contributed by atoms with Crippen LogP contribution in [0, 0.1) is 0 Å². The van der Waals surface area contributed by atoms with Crippen LogP contribution < -0.4 is 37.0 Å². The third-order valence-electron chi connectivity index (χ3n) is 10.0. The second-order valence-electron chi connectivity index (χ2n) is 12.6. The summed E-state index contributed by atoms with van der Waals surface area (Å²) in [6.45, 7) is 6.32. The number of nitrogens with one attached hydrogen (secondary N) is 2. The Bertz CT molecular complexity index is 1350. The molecule has 43 heavy (non-hydrogen) atoms. The number of likely N-dealkylation sites (N-methyl/N-ethyl adjacent to an activating group) is 2. The van der Waals surface area contributed by atoms with Gasteiger partial charge in [-0.25, -0.2) is 4.79 Å². The molecule has 13 heteroatoms. The maximum absolute atomic E-state index is 13.3. The zero-order chi connectivity index (χ0) is 31.2. The molecule has 5 rings (SSSR count). The first kappa shape index (κ1) is 30.8. The summed E-state index contributed by atoms with van der Waals surface area (Å²) in [5, 5.41) is 15.2. The van der Waals surface area contributed by atoms with Crippen LogP contribution in [0.15, 0.2) is 24.8 Å². The predicted octanol–water partition coefficient (Wildman–Crippen LogP) is -2.25. The van der Waals surface area contributed by atoms with Gasteiger partial charge in [-0.05, 0) is 37.0 Å². The van der Waals surface area contributed by atoms with Gasteiger partial charge in [0.05, 0.1) is 38.1 Å².